The van der Waals surface area contributed by atoms with Crippen LogP contribution in [-0.4, -0.2) is 35.6 Å². The van der Waals surface area contributed by atoms with Gasteiger partial charge in [0.2, 0.25) is 10.0 Å². The summed E-state index contributed by atoms with van der Waals surface area (Å²) in [5, 5.41) is 5.99. The van der Waals surface area contributed by atoms with Crippen molar-refractivity contribution in [2.45, 2.75) is 37.8 Å². The Morgan fingerprint density at radius 2 is 2.24 bits per heavy atom. The maximum atomic E-state index is 12.6. The zero-order chi connectivity index (χ0) is 15.6. The fourth-order valence-corrected chi connectivity index (χ4v) is 4.26. The lowest BCUT2D eigenvalue weighted by Gasteiger charge is -2.23. The van der Waals surface area contributed by atoms with Crippen molar-refractivity contribution in [1.29, 1.82) is 0 Å². The summed E-state index contributed by atoms with van der Waals surface area (Å²) in [5.74, 6) is 0.0482. The van der Waals surface area contributed by atoms with Gasteiger partial charge in [-0.2, -0.15) is 9.40 Å². The van der Waals surface area contributed by atoms with Crippen molar-refractivity contribution in [3.05, 3.63) is 28.6 Å². The fraction of sp³-hybridized carbons (Fsp3) is 0.462. The first-order valence-corrected chi connectivity index (χ1v) is 9.01. The molecule has 6 nitrogen and oxygen atoms in total. The number of aryl methyl sites for hydroxylation is 1. The quantitative estimate of drug-likeness (QED) is 0.876. The largest absolute Gasteiger partial charge is 0.381 e. The van der Waals surface area contributed by atoms with E-state index in [2.05, 4.69) is 5.10 Å². The van der Waals surface area contributed by atoms with E-state index in [1.165, 1.54) is 15.2 Å². The van der Waals surface area contributed by atoms with Crippen LogP contribution in [0.15, 0.2) is 28.6 Å². The van der Waals surface area contributed by atoms with Gasteiger partial charge in [0.25, 0.3) is 0 Å². The third-order valence-electron chi connectivity index (χ3n) is 3.43. The van der Waals surface area contributed by atoms with Crippen molar-refractivity contribution in [3.63, 3.8) is 0 Å². The molecule has 0 saturated carbocycles. The Hall–Kier alpha value is -1.38. The van der Waals surface area contributed by atoms with Crippen molar-refractivity contribution in [1.82, 2.24) is 14.1 Å². The minimum Gasteiger partial charge on any atom is -0.381 e. The van der Waals surface area contributed by atoms with Crippen molar-refractivity contribution >= 4 is 27.2 Å². The first-order valence-electron chi connectivity index (χ1n) is 6.69. The molecule has 1 unspecified atom stereocenters. The van der Waals surface area contributed by atoms with Crippen LogP contribution in [0.25, 0.3) is 0 Å². The lowest BCUT2D eigenvalue weighted by Crippen LogP contribution is -2.36. The smallest absolute Gasteiger partial charge is 0.248 e. The van der Waals surface area contributed by atoms with Crippen LogP contribution in [0.4, 0.5) is 5.82 Å². The number of nitrogens with two attached hydrogens (primary N) is 1. The average Bonchev–Trinajstić information content (AvgIpc) is 3.07. The standard InChI is InChI=1S/C13H20N4O2S2/c1-4-17-9-12(13(14)15-17)21(18,19)16(3)10(2)8-11-6-5-7-20-11/h5-7,9-10H,4,8H2,1-3H3,(H2,14,15). The van der Waals surface area contributed by atoms with Crippen molar-refractivity contribution in [2.75, 3.05) is 12.8 Å². The Bertz CT molecular complexity index is 692. The van der Waals surface area contributed by atoms with Gasteiger partial charge in [-0.05, 0) is 31.7 Å². The zero-order valence-corrected chi connectivity index (χ0v) is 14.0. The van der Waals surface area contributed by atoms with Gasteiger partial charge in [0.05, 0.1) is 0 Å². The lowest BCUT2D eigenvalue weighted by atomic mass is 10.2. The first kappa shape index (κ1) is 16.0. The summed E-state index contributed by atoms with van der Waals surface area (Å²) < 4.78 is 28.2. The summed E-state index contributed by atoms with van der Waals surface area (Å²) >= 11 is 1.62. The van der Waals surface area contributed by atoms with Gasteiger partial charge >= 0.3 is 0 Å². The molecule has 0 bridgehead atoms. The highest BCUT2D eigenvalue weighted by atomic mass is 32.2. The number of nitrogens with zero attached hydrogens (tertiary/aromatic N) is 3. The molecule has 0 spiro atoms. The molecule has 0 amide bonds. The molecule has 1 atom stereocenters. The van der Waals surface area contributed by atoms with Gasteiger partial charge in [0.1, 0.15) is 4.90 Å². The second kappa shape index (κ2) is 6.17. The third kappa shape index (κ3) is 3.28. The Kier molecular flexibility index (Phi) is 4.70. The van der Waals surface area contributed by atoms with Crippen molar-refractivity contribution < 1.29 is 8.42 Å². The molecular formula is C13H20N4O2S2. The summed E-state index contributed by atoms with van der Waals surface area (Å²) in [7, 11) is -2.05. The SMILES string of the molecule is CCn1cc(S(=O)(=O)N(C)C(C)Cc2cccs2)c(N)n1. The highest BCUT2D eigenvalue weighted by molar-refractivity contribution is 7.89. The summed E-state index contributed by atoms with van der Waals surface area (Å²) in [6, 6.07) is 3.81. The maximum absolute atomic E-state index is 12.6. The van der Waals surface area contributed by atoms with Crippen LogP contribution >= 0.6 is 11.3 Å². The molecular weight excluding hydrogens is 308 g/mol. The van der Waals surface area contributed by atoms with E-state index in [9.17, 15) is 8.42 Å². The Morgan fingerprint density at radius 3 is 2.76 bits per heavy atom. The molecule has 2 rings (SSSR count). The molecule has 8 heteroatoms. The third-order valence-corrected chi connectivity index (χ3v) is 6.32. The van der Waals surface area contributed by atoms with Gasteiger partial charge in [-0.15, -0.1) is 11.3 Å². The number of anilines is 1. The van der Waals surface area contributed by atoms with Crippen LogP contribution in [0.2, 0.25) is 0 Å². The van der Waals surface area contributed by atoms with Crippen LogP contribution in [0, 0.1) is 0 Å². The lowest BCUT2D eigenvalue weighted by molar-refractivity contribution is 0.388. The number of aromatic nitrogens is 2. The molecule has 2 N–H and O–H groups in total. The van der Waals surface area contributed by atoms with Crippen molar-refractivity contribution in [3.8, 4) is 0 Å². The van der Waals surface area contributed by atoms with E-state index in [-0.39, 0.29) is 16.8 Å². The van der Waals surface area contributed by atoms with Gasteiger partial charge in [-0.1, -0.05) is 6.07 Å². The molecule has 0 aliphatic rings. The van der Waals surface area contributed by atoms with Gasteiger partial charge in [-0.3, -0.25) is 4.68 Å². The van der Waals surface area contributed by atoms with Gasteiger partial charge in [-0.25, -0.2) is 8.42 Å². The van der Waals surface area contributed by atoms with E-state index in [4.69, 9.17) is 5.73 Å². The molecule has 0 radical (unpaired) electrons. The van der Waals surface area contributed by atoms with Gasteiger partial charge < -0.3 is 5.73 Å². The Balaban J connectivity index is 2.23. The van der Waals surface area contributed by atoms with Crippen LogP contribution in [0.3, 0.4) is 0 Å². The normalized spacial score (nSPS) is 13.7. The number of rotatable bonds is 6. The highest BCUT2D eigenvalue weighted by Crippen LogP contribution is 2.23. The minimum atomic E-state index is -3.63. The van der Waals surface area contributed by atoms with Crippen LogP contribution in [0.5, 0.6) is 0 Å². The predicted molar refractivity (Wildman–Crippen MR) is 84.7 cm³/mol. The second-order valence-electron chi connectivity index (χ2n) is 4.89. The molecule has 0 saturated heterocycles. The fourth-order valence-electron chi connectivity index (χ4n) is 2.02. The Labute approximate surface area is 129 Å². The number of hydrogen-bond donors (Lipinski definition) is 1. The Morgan fingerprint density at radius 1 is 1.52 bits per heavy atom. The molecule has 21 heavy (non-hydrogen) atoms. The molecule has 2 heterocycles. The van der Waals surface area contributed by atoms with E-state index in [1.807, 2.05) is 31.4 Å². The zero-order valence-electron chi connectivity index (χ0n) is 12.4. The molecule has 2 aromatic rings. The predicted octanol–water partition coefficient (Wildman–Crippen LogP) is 1.80. The topological polar surface area (TPSA) is 81.2 Å². The second-order valence-corrected chi connectivity index (χ2v) is 7.89. The molecule has 116 valence electrons. The molecule has 0 aromatic carbocycles. The monoisotopic (exact) mass is 328 g/mol. The number of likely N-dealkylation sites (N-methyl/N-ethyl adjacent to an activating group) is 1. The number of nitrogen functional groups attached to an aromatic ring is 1. The summed E-state index contributed by atoms with van der Waals surface area (Å²) in [4.78, 5) is 1.23. The molecule has 0 fully saturated rings. The van der Waals surface area contributed by atoms with Gasteiger partial charge in [0, 0.05) is 30.7 Å². The van der Waals surface area contributed by atoms with Gasteiger partial charge in [0.15, 0.2) is 5.82 Å². The molecule has 2 aromatic heterocycles. The van der Waals surface area contributed by atoms with Crippen molar-refractivity contribution in [2.24, 2.45) is 0 Å². The average molecular weight is 328 g/mol. The van der Waals surface area contributed by atoms with E-state index in [0.29, 0.717) is 13.0 Å². The molecule has 0 aliphatic carbocycles. The summed E-state index contributed by atoms with van der Waals surface area (Å²) in [6.07, 6.45) is 2.16. The number of sulfonamides is 1. The summed E-state index contributed by atoms with van der Waals surface area (Å²) in [5.41, 5.74) is 5.74. The first-order chi connectivity index (χ1) is 9.86. The summed E-state index contributed by atoms with van der Waals surface area (Å²) in [6.45, 7) is 4.35. The van der Waals surface area contributed by atoms with Crippen LogP contribution in [-0.2, 0) is 23.0 Å². The maximum Gasteiger partial charge on any atom is 0.248 e. The van der Waals surface area contributed by atoms with E-state index < -0.39 is 10.0 Å². The highest BCUT2D eigenvalue weighted by Gasteiger charge is 2.29. The van der Waals surface area contributed by atoms with Crippen LogP contribution in [0.1, 0.15) is 18.7 Å². The van der Waals surface area contributed by atoms with Crippen LogP contribution < -0.4 is 5.73 Å². The molecule has 0 aliphatic heterocycles. The number of hydrogen-bond acceptors (Lipinski definition) is 5. The van der Waals surface area contributed by atoms with E-state index in [1.54, 1.807) is 18.4 Å². The minimum absolute atomic E-state index is 0.0482. The van der Waals surface area contributed by atoms with E-state index in [0.717, 1.165) is 4.88 Å². The van der Waals surface area contributed by atoms with E-state index >= 15 is 0 Å². The number of thiophene rings is 1.